The van der Waals surface area contributed by atoms with Crippen LogP contribution in [0.15, 0.2) is 24.5 Å². The number of halogens is 1. The number of aromatic nitrogens is 4. The maximum Gasteiger partial charge on any atom is 0.227 e. The summed E-state index contributed by atoms with van der Waals surface area (Å²) in [6.45, 7) is 8.49. The molecule has 0 saturated carbocycles. The number of phenols is 1. The molecule has 1 atom stereocenters. The van der Waals surface area contributed by atoms with Gasteiger partial charge in [-0.1, -0.05) is 0 Å². The van der Waals surface area contributed by atoms with E-state index < -0.39 is 5.60 Å². The molecule has 1 unspecified atom stereocenters. The predicted molar refractivity (Wildman–Crippen MR) is 119 cm³/mol. The van der Waals surface area contributed by atoms with Crippen molar-refractivity contribution in [2.45, 2.75) is 52.4 Å². The summed E-state index contributed by atoms with van der Waals surface area (Å²) < 4.78 is 2.97. The Labute approximate surface area is 177 Å². The zero-order chi connectivity index (χ0) is 20.5. The van der Waals surface area contributed by atoms with Crippen LogP contribution >= 0.6 is 22.6 Å². The highest BCUT2D eigenvalue weighted by Gasteiger charge is 2.24. The molecule has 2 aromatic heterocycles. The normalized spacial score (nSPS) is 12.9. The molecular formula is C19H25IN6O2. The van der Waals surface area contributed by atoms with E-state index in [2.05, 4.69) is 48.2 Å². The van der Waals surface area contributed by atoms with E-state index in [1.807, 2.05) is 30.5 Å². The van der Waals surface area contributed by atoms with Crippen molar-refractivity contribution in [3.63, 3.8) is 0 Å². The molecule has 28 heavy (non-hydrogen) atoms. The number of fused-ring (bicyclic) bond motifs is 1. The molecule has 9 heteroatoms. The Balaban J connectivity index is 1.95. The molecule has 2 heterocycles. The lowest BCUT2D eigenvalue weighted by Crippen LogP contribution is -2.39. The smallest absolute Gasteiger partial charge is 0.227 e. The average molecular weight is 496 g/mol. The zero-order valence-corrected chi connectivity index (χ0v) is 18.5. The second-order valence-electron chi connectivity index (χ2n) is 7.24. The number of rotatable bonds is 7. The third kappa shape index (κ3) is 4.46. The van der Waals surface area contributed by atoms with Gasteiger partial charge in [-0.05, 0) is 68.5 Å². The lowest BCUT2D eigenvalue weighted by Gasteiger charge is -2.26. The number of phenolic OH excluding ortho intramolecular Hbond substituents is 1. The first-order valence-electron chi connectivity index (χ1n) is 9.12. The van der Waals surface area contributed by atoms with Crippen molar-refractivity contribution in [1.82, 2.24) is 19.5 Å². The third-order valence-electron chi connectivity index (χ3n) is 4.70. The van der Waals surface area contributed by atoms with Crippen LogP contribution in [0, 0.1) is 3.57 Å². The van der Waals surface area contributed by atoms with Gasteiger partial charge in [0.2, 0.25) is 5.95 Å². The van der Waals surface area contributed by atoms with Crippen molar-refractivity contribution < 1.29 is 10.2 Å². The van der Waals surface area contributed by atoms with Crippen LogP contribution in [0.3, 0.4) is 0 Å². The number of aromatic hydroxyl groups is 1. The molecule has 0 bridgehead atoms. The summed E-state index contributed by atoms with van der Waals surface area (Å²) in [7, 11) is 0. The molecule has 0 saturated heterocycles. The fourth-order valence-corrected chi connectivity index (χ4v) is 3.16. The van der Waals surface area contributed by atoms with Gasteiger partial charge in [0, 0.05) is 22.2 Å². The minimum atomic E-state index is -0.927. The second-order valence-corrected chi connectivity index (χ2v) is 8.49. The van der Waals surface area contributed by atoms with Crippen molar-refractivity contribution in [1.29, 1.82) is 0 Å². The molecule has 0 amide bonds. The van der Waals surface area contributed by atoms with Gasteiger partial charge in [-0.3, -0.25) is 0 Å². The summed E-state index contributed by atoms with van der Waals surface area (Å²) in [5.74, 6) is 1.21. The fraction of sp³-hybridized carbons (Fsp3) is 0.421. The number of aryl methyl sites for hydroxylation is 1. The van der Waals surface area contributed by atoms with Crippen LogP contribution in [0.1, 0.15) is 33.3 Å². The lowest BCUT2D eigenvalue weighted by molar-refractivity contribution is 0.0646. The molecule has 0 aliphatic rings. The van der Waals surface area contributed by atoms with E-state index in [4.69, 9.17) is 0 Å². The molecule has 0 spiro atoms. The highest BCUT2D eigenvalue weighted by Crippen LogP contribution is 2.25. The molecule has 8 nitrogen and oxygen atoms in total. The molecule has 150 valence electrons. The number of nitrogens with one attached hydrogen (secondary N) is 2. The van der Waals surface area contributed by atoms with E-state index in [1.165, 1.54) is 0 Å². The van der Waals surface area contributed by atoms with Gasteiger partial charge in [-0.2, -0.15) is 9.97 Å². The summed E-state index contributed by atoms with van der Waals surface area (Å²) in [6.07, 6.45) is 1.73. The molecule has 3 rings (SSSR count). The van der Waals surface area contributed by atoms with Crippen molar-refractivity contribution in [3.05, 3.63) is 33.7 Å². The first kappa shape index (κ1) is 20.6. The van der Waals surface area contributed by atoms with Crippen molar-refractivity contribution in [2.24, 2.45) is 0 Å². The maximum atomic E-state index is 10.2. The highest BCUT2D eigenvalue weighted by molar-refractivity contribution is 14.1. The van der Waals surface area contributed by atoms with Gasteiger partial charge in [0.15, 0.2) is 17.0 Å². The molecule has 0 radical (unpaired) electrons. The van der Waals surface area contributed by atoms with Gasteiger partial charge in [0.25, 0.3) is 0 Å². The number of hydrogen-bond acceptors (Lipinski definition) is 7. The number of benzene rings is 1. The van der Waals surface area contributed by atoms with Gasteiger partial charge < -0.3 is 25.4 Å². The zero-order valence-electron chi connectivity index (χ0n) is 16.4. The lowest BCUT2D eigenvalue weighted by atomic mass is 10.0. The summed E-state index contributed by atoms with van der Waals surface area (Å²) >= 11 is 2.21. The van der Waals surface area contributed by atoms with Gasteiger partial charge in [-0.15, -0.1) is 0 Å². The van der Waals surface area contributed by atoms with Gasteiger partial charge in [-0.25, -0.2) is 4.98 Å². The standard InChI is InChI=1S/C19H25IN6O2/c1-5-26-10-22-15-16(21-9-12-8-13(20)6-7-14(12)27)24-18(25-17(15)26)23-11(2)19(3,4)28/h6-8,10-11,27-28H,5,9H2,1-4H3,(H2,21,23,24,25). The van der Waals surface area contributed by atoms with E-state index >= 15 is 0 Å². The average Bonchev–Trinajstić information content (AvgIpc) is 3.04. The van der Waals surface area contributed by atoms with Crippen LogP contribution in [-0.2, 0) is 13.1 Å². The van der Waals surface area contributed by atoms with Crippen LogP contribution in [0.4, 0.5) is 11.8 Å². The minimum Gasteiger partial charge on any atom is -0.508 e. The second kappa shape index (κ2) is 8.08. The number of aliphatic hydroxyl groups is 1. The largest absolute Gasteiger partial charge is 0.508 e. The maximum absolute atomic E-state index is 10.2. The number of hydrogen-bond donors (Lipinski definition) is 4. The Hall–Kier alpha value is -2.14. The van der Waals surface area contributed by atoms with Gasteiger partial charge in [0.1, 0.15) is 5.75 Å². The third-order valence-corrected chi connectivity index (χ3v) is 5.37. The molecule has 0 aliphatic carbocycles. The number of nitrogens with zero attached hydrogens (tertiary/aromatic N) is 4. The van der Waals surface area contributed by atoms with E-state index in [0.717, 1.165) is 15.7 Å². The van der Waals surface area contributed by atoms with Crippen molar-refractivity contribution in [3.8, 4) is 5.75 Å². The fourth-order valence-electron chi connectivity index (χ4n) is 2.61. The molecule has 1 aromatic carbocycles. The molecular weight excluding hydrogens is 471 g/mol. The van der Waals surface area contributed by atoms with Gasteiger partial charge in [0.05, 0.1) is 18.0 Å². The van der Waals surface area contributed by atoms with Gasteiger partial charge >= 0.3 is 0 Å². The quantitative estimate of drug-likeness (QED) is 0.372. The summed E-state index contributed by atoms with van der Waals surface area (Å²) in [6, 6.07) is 5.20. The highest BCUT2D eigenvalue weighted by atomic mass is 127. The Morgan fingerprint density at radius 1 is 1.29 bits per heavy atom. The van der Waals surface area contributed by atoms with Crippen LogP contribution in [0.2, 0.25) is 0 Å². The summed E-state index contributed by atoms with van der Waals surface area (Å²) in [5, 5.41) is 26.8. The Morgan fingerprint density at radius 2 is 2.04 bits per heavy atom. The Bertz CT molecular complexity index is 982. The molecule has 0 fully saturated rings. The minimum absolute atomic E-state index is 0.228. The summed E-state index contributed by atoms with van der Waals surface area (Å²) in [4.78, 5) is 13.6. The van der Waals surface area contributed by atoms with E-state index in [-0.39, 0.29) is 11.8 Å². The van der Waals surface area contributed by atoms with Crippen molar-refractivity contribution >= 4 is 45.5 Å². The number of imidazole rings is 1. The molecule has 3 aromatic rings. The van der Waals surface area contributed by atoms with E-state index in [0.29, 0.717) is 29.5 Å². The monoisotopic (exact) mass is 496 g/mol. The first-order chi connectivity index (χ1) is 13.2. The molecule has 4 N–H and O–H groups in total. The SMILES string of the molecule is CCn1cnc2c(NCc3cc(I)ccc3O)nc(NC(C)C(C)(C)O)nc21. The van der Waals surface area contributed by atoms with Crippen LogP contribution in [0.25, 0.3) is 11.2 Å². The summed E-state index contributed by atoms with van der Waals surface area (Å²) in [5.41, 5.74) is 1.21. The van der Waals surface area contributed by atoms with Crippen LogP contribution in [0.5, 0.6) is 5.75 Å². The Kier molecular flexibility index (Phi) is 5.94. The van der Waals surface area contributed by atoms with Crippen LogP contribution in [-0.4, -0.2) is 41.4 Å². The Morgan fingerprint density at radius 3 is 2.71 bits per heavy atom. The predicted octanol–water partition coefficient (Wildman–Crippen LogP) is 3.34. The van der Waals surface area contributed by atoms with Crippen LogP contribution < -0.4 is 10.6 Å². The van der Waals surface area contributed by atoms with E-state index in [1.54, 1.807) is 26.2 Å². The van der Waals surface area contributed by atoms with Crippen molar-refractivity contribution in [2.75, 3.05) is 10.6 Å². The first-order valence-corrected chi connectivity index (χ1v) is 10.2. The van der Waals surface area contributed by atoms with E-state index in [9.17, 15) is 10.2 Å². The topological polar surface area (TPSA) is 108 Å². The number of anilines is 2. The molecule has 0 aliphatic heterocycles.